The molecule has 2 N–H and O–H groups in total. The summed E-state index contributed by atoms with van der Waals surface area (Å²) < 4.78 is 0. The first-order valence-electron chi connectivity index (χ1n) is 6.88. The Kier molecular flexibility index (Phi) is 3.50. The molecule has 2 aromatic rings. The Morgan fingerprint density at radius 1 is 1.42 bits per heavy atom. The molecule has 0 spiro atoms. The standard InChI is InChI=1S/C15H20N2S2/c1-10-4-3-6-15(16,8-10)14-17-12(9-19-14)13-11(2)5-7-18-13/h5,7,9-10H,3-4,6,8,16H2,1-2H3. The molecule has 4 heteroatoms. The lowest BCUT2D eigenvalue weighted by atomic mass is 9.77. The van der Waals surface area contributed by atoms with Crippen molar-refractivity contribution in [2.75, 3.05) is 0 Å². The third-order valence-electron chi connectivity index (χ3n) is 4.06. The van der Waals surface area contributed by atoms with Gasteiger partial charge in [0.25, 0.3) is 0 Å². The van der Waals surface area contributed by atoms with Crippen LogP contribution in [0.4, 0.5) is 0 Å². The quantitative estimate of drug-likeness (QED) is 0.882. The number of aryl methyl sites for hydroxylation is 1. The maximum atomic E-state index is 6.63. The van der Waals surface area contributed by atoms with E-state index >= 15 is 0 Å². The Labute approximate surface area is 122 Å². The molecular weight excluding hydrogens is 272 g/mol. The van der Waals surface area contributed by atoms with E-state index in [2.05, 4.69) is 30.7 Å². The van der Waals surface area contributed by atoms with Crippen LogP contribution < -0.4 is 5.73 Å². The summed E-state index contributed by atoms with van der Waals surface area (Å²) in [6, 6.07) is 2.15. The van der Waals surface area contributed by atoms with Crippen molar-refractivity contribution in [1.82, 2.24) is 4.98 Å². The van der Waals surface area contributed by atoms with Crippen LogP contribution in [0.2, 0.25) is 0 Å². The van der Waals surface area contributed by atoms with Gasteiger partial charge in [-0.25, -0.2) is 4.98 Å². The van der Waals surface area contributed by atoms with Crippen LogP contribution in [0.5, 0.6) is 0 Å². The number of thiophene rings is 1. The van der Waals surface area contributed by atoms with Crippen molar-refractivity contribution >= 4 is 22.7 Å². The number of thiazole rings is 1. The minimum atomic E-state index is -0.189. The van der Waals surface area contributed by atoms with E-state index in [-0.39, 0.29) is 5.54 Å². The van der Waals surface area contributed by atoms with Crippen molar-refractivity contribution in [2.45, 2.75) is 45.1 Å². The van der Waals surface area contributed by atoms with Crippen LogP contribution in [-0.4, -0.2) is 4.98 Å². The van der Waals surface area contributed by atoms with Crippen molar-refractivity contribution in [3.05, 3.63) is 27.4 Å². The van der Waals surface area contributed by atoms with Gasteiger partial charge in [0.05, 0.1) is 16.1 Å². The zero-order valence-corrected chi connectivity index (χ0v) is 13.1. The molecule has 2 heterocycles. The Balaban J connectivity index is 1.91. The molecule has 1 saturated carbocycles. The van der Waals surface area contributed by atoms with Gasteiger partial charge in [0.2, 0.25) is 0 Å². The summed E-state index contributed by atoms with van der Waals surface area (Å²) in [7, 11) is 0. The molecule has 0 amide bonds. The highest BCUT2D eigenvalue weighted by Gasteiger charge is 2.35. The highest BCUT2D eigenvalue weighted by molar-refractivity contribution is 7.14. The van der Waals surface area contributed by atoms with Gasteiger partial charge >= 0.3 is 0 Å². The van der Waals surface area contributed by atoms with E-state index < -0.39 is 0 Å². The smallest absolute Gasteiger partial charge is 0.113 e. The van der Waals surface area contributed by atoms with Gasteiger partial charge in [0, 0.05) is 5.38 Å². The predicted molar refractivity (Wildman–Crippen MR) is 83.7 cm³/mol. The lowest BCUT2D eigenvalue weighted by molar-refractivity contribution is 0.238. The average molecular weight is 292 g/mol. The van der Waals surface area contributed by atoms with Crippen LogP contribution in [0.15, 0.2) is 16.8 Å². The minimum Gasteiger partial charge on any atom is -0.319 e. The number of nitrogens with zero attached hydrogens (tertiary/aromatic N) is 1. The van der Waals surface area contributed by atoms with Gasteiger partial charge in [-0.3, -0.25) is 0 Å². The van der Waals surface area contributed by atoms with E-state index in [0.29, 0.717) is 0 Å². The van der Waals surface area contributed by atoms with Crippen molar-refractivity contribution in [3.8, 4) is 10.6 Å². The Morgan fingerprint density at radius 3 is 2.95 bits per heavy atom. The number of aromatic nitrogens is 1. The fourth-order valence-electron chi connectivity index (χ4n) is 3.03. The molecule has 1 aliphatic rings. The molecule has 0 aliphatic heterocycles. The minimum absolute atomic E-state index is 0.189. The second kappa shape index (κ2) is 5.00. The number of nitrogens with two attached hydrogens (primary N) is 1. The van der Waals surface area contributed by atoms with Gasteiger partial charge in [-0.05, 0) is 42.7 Å². The van der Waals surface area contributed by atoms with Gasteiger partial charge in [-0.15, -0.1) is 22.7 Å². The SMILES string of the molecule is Cc1ccsc1-c1csc(C2(N)CCCC(C)C2)n1. The van der Waals surface area contributed by atoms with Crippen LogP contribution in [0, 0.1) is 12.8 Å². The molecule has 19 heavy (non-hydrogen) atoms. The summed E-state index contributed by atoms with van der Waals surface area (Å²) >= 11 is 3.50. The van der Waals surface area contributed by atoms with Gasteiger partial charge in [-0.2, -0.15) is 0 Å². The molecule has 0 saturated heterocycles. The van der Waals surface area contributed by atoms with Crippen LogP contribution >= 0.6 is 22.7 Å². The summed E-state index contributed by atoms with van der Waals surface area (Å²) in [6.07, 6.45) is 4.68. The monoisotopic (exact) mass is 292 g/mol. The van der Waals surface area contributed by atoms with Gasteiger partial charge in [0.1, 0.15) is 5.01 Å². The van der Waals surface area contributed by atoms with Crippen molar-refractivity contribution in [2.24, 2.45) is 11.7 Å². The first-order chi connectivity index (χ1) is 9.08. The van der Waals surface area contributed by atoms with E-state index in [0.717, 1.165) is 29.5 Å². The zero-order valence-electron chi connectivity index (χ0n) is 11.5. The van der Waals surface area contributed by atoms with E-state index in [1.165, 1.54) is 23.3 Å². The maximum absolute atomic E-state index is 6.63. The van der Waals surface area contributed by atoms with Crippen LogP contribution in [-0.2, 0) is 5.54 Å². The first-order valence-corrected chi connectivity index (χ1v) is 8.64. The summed E-state index contributed by atoms with van der Waals surface area (Å²) in [5.74, 6) is 0.717. The lowest BCUT2D eigenvalue weighted by Gasteiger charge is -2.35. The topological polar surface area (TPSA) is 38.9 Å². The van der Waals surface area contributed by atoms with Crippen LogP contribution in [0.3, 0.4) is 0 Å². The molecule has 2 atom stereocenters. The highest BCUT2D eigenvalue weighted by Crippen LogP contribution is 2.40. The molecule has 1 aliphatic carbocycles. The summed E-state index contributed by atoms with van der Waals surface area (Å²) in [4.78, 5) is 6.13. The Hall–Kier alpha value is -0.710. The lowest BCUT2D eigenvalue weighted by Crippen LogP contribution is -2.40. The van der Waals surface area contributed by atoms with Crippen LogP contribution in [0.25, 0.3) is 10.6 Å². The summed E-state index contributed by atoms with van der Waals surface area (Å²) in [5.41, 5.74) is 8.86. The van der Waals surface area contributed by atoms with Gasteiger partial charge in [0.15, 0.2) is 0 Å². The van der Waals surface area contributed by atoms with Crippen molar-refractivity contribution < 1.29 is 0 Å². The van der Waals surface area contributed by atoms with Crippen molar-refractivity contribution in [1.29, 1.82) is 0 Å². The van der Waals surface area contributed by atoms with Gasteiger partial charge < -0.3 is 5.73 Å². The van der Waals surface area contributed by atoms with Gasteiger partial charge in [-0.1, -0.05) is 19.8 Å². The molecule has 2 unspecified atom stereocenters. The molecule has 3 rings (SSSR count). The third-order valence-corrected chi connectivity index (χ3v) is 6.16. The summed E-state index contributed by atoms with van der Waals surface area (Å²) in [6.45, 7) is 4.45. The maximum Gasteiger partial charge on any atom is 0.113 e. The third kappa shape index (κ3) is 2.49. The molecular formula is C15H20N2S2. The Morgan fingerprint density at radius 2 is 2.26 bits per heavy atom. The molecule has 0 bridgehead atoms. The molecule has 0 radical (unpaired) electrons. The predicted octanol–water partition coefficient (Wildman–Crippen LogP) is 4.54. The largest absolute Gasteiger partial charge is 0.319 e. The van der Waals surface area contributed by atoms with E-state index in [9.17, 15) is 0 Å². The fraction of sp³-hybridized carbons (Fsp3) is 0.533. The van der Waals surface area contributed by atoms with Crippen molar-refractivity contribution in [3.63, 3.8) is 0 Å². The highest BCUT2D eigenvalue weighted by atomic mass is 32.1. The average Bonchev–Trinajstić information content (AvgIpc) is 2.96. The van der Waals surface area contributed by atoms with E-state index in [4.69, 9.17) is 10.7 Å². The Bertz CT molecular complexity index is 572. The van der Waals surface area contributed by atoms with E-state index in [1.54, 1.807) is 22.7 Å². The zero-order chi connectivity index (χ0) is 13.5. The van der Waals surface area contributed by atoms with E-state index in [1.807, 2.05) is 0 Å². The fourth-order valence-corrected chi connectivity index (χ4v) is 4.96. The second-order valence-corrected chi connectivity index (χ2v) is 7.60. The van der Waals surface area contributed by atoms with Crippen LogP contribution in [0.1, 0.15) is 43.2 Å². The molecule has 2 aromatic heterocycles. The normalized spacial score (nSPS) is 27.6. The molecule has 102 valence electrons. The summed E-state index contributed by atoms with van der Waals surface area (Å²) in [5, 5.41) is 5.42. The number of rotatable bonds is 2. The number of hydrogen-bond acceptors (Lipinski definition) is 4. The first kappa shape index (κ1) is 13.3. The molecule has 1 fully saturated rings. The second-order valence-electron chi connectivity index (χ2n) is 5.83. The molecule has 0 aromatic carbocycles. The number of hydrogen-bond donors (Lipinski definition) is 1. The molecule has 2 nitrogen and oxygen atoms in total.